The van der Waals surface area contributed by atoms with Gasteiger partial charge in [-0.3, -0.25) is 0 Å². The summed E-state index contributed by atoms with van der Waals surface area (Å²) in [6, 6.07) is 10.4. The first kappa shape index (κ1) is 14.3. The Hall–Kier alpha value is -1.77. The molecule has 0 atom stereocenters. The first-order valence-electron chi connectivity index (χ1n) is 5.69. The van der Waals surface area contributed by atoms with Gasteiger partial charge >= 0.3 is 0 Å². The Bertz CT molecular complexity index is 490. The highest BCUT2D eigenvalue weighted by atomic mass is 19.2. The Kier molecular flexibility index (Phi) is 5.43. The van der Waals surface area contributed by atoms with Crippen LogP contribution < -0.4 is 0 Å². The van der Waals surface area contributed by atoms with E-state index in [0.29, 0.717) is 0 Å². The second kappa shape index (κ2) is 6.84. The van der Waals surface area contributed by atoms with E-state index in [-0.39, 0.29) is 5.82 Å². The highest BCUT2D eigenvalue weighted by Gasteiger charge is 1.97. The van der Waals surface area contributed by atoms with Crippen molar-refractivity contribution in [2.45, 2.75) is 20.3 Å². The molecule has 2 aromatic carbocycles. The zero-order valence-corrected chi connectivity index (χ0v) is 10.4. The van der Waals surface area contributed by atoms with Crippen molar-refractivity contribution in [3.63, 3.8) is 0 Å². The van der Waals surface area contributed by atoms with E-state index in [2.05, 4.69) is 0 Å². The van der Waals surface area contributed by atoms with Gasteiger partial charge in [-0.2, -0.15) is 0 Å². The lowest BCUT2D eigenvalue weighted by atomic mass is 10.2. The van der Waals surface area contributed by atoms with Crippen LogP contribution in [0.3, 0.4) is 0 Å². The van der Waals surface area contributed by atoms with E-state index < -0.39 is 11.6 Å². The minimum Gasteiger partial charge on any atom is -0.207 e. The third kappa shape index (κ3) is 4.62. The average Bonchev–Trinajstić information content (AvgIpc) is 2.36. The maximum Gasteiger partial charge on any atom is 0.159 e. The van der Waals surface area contributed by atoms with Crippen LogP contribution in [0.5, 0.6) is 0 Å². The van der Waals surface area contributed by atoms with E-state index in [1.807, 2.05) is 6.92 Å². The van der Waals surface area contributed by atoms with Gasteiger partial charge in [0, 0.05) is 0 Å². The SMILES string of the molecule is CCc1ccc(F)cc1.Cc1ccc(F)c(F)c1. The smallest absolute Gasteiger partial charge is 0.159 e. The molecule has 0 fully saturated rings. The first-order chi connectivity index (χ1) is 8.52. The van der Waals surface area contributed by atoms with Crippen LogP contribution in [0.2, 0.25) is 0 Å². The third-order valence-corrected chi connectivity index (χ3v) is 2.40. The van der Waals surface area contributed by atoms with Crippen LogP contribution in [0.15, 0.2) is 42.5 Å². The van der Waals surface area contributed by atoms with Gasteiger partial charge in [0.2, 0.25) is 0 Å². The highest BCUT2D eigenvalue weighted by Crippen LogP contribution is 2.06. The summed E-state index contributed by atoms with van der Waals surface area (Å²) in [5.74, 6) is -1.73. The number of halogens is 3. The largest absolute Gasteiger partial charge is 0.207 e. The fraction of sp³-hybridized carbons (Fsp3) is 0.200. The summed E-state index contributed by atoms with van der Waals surface area (Å²) in [5, 5.41) is 0. The number of hydrogen-bond donors (Lipinski definition) is 0. The quantitative estimate of drug-likeness (QED) is 0.692. The molecule has 0 aromatic heterocycles. The second-order valence-electron chi connectivity index (χ2n) is 3.90. The van der Waals surface area contributed by atoms with Gasteiger partial charge < -0.3 is 0 Å². The summed E-state index contributed by atoms with van der Waals surface area (Å²) in [6.45, 7) is 3.76. The zero-order chi connectivity index (χ0) is 13.5. The highest BCUT2D eigenvalue weighted by molar-refractivity contribution is 5.16. The van der Waals surface area contributed by atoms with Crippen molar-refractivity contribution in [1.29, 1.82) is 0 Å². The minimum atomic E-state index is -0.791. The van der Waals surface area contributed by atoms with Crippen molar-refractivity contribution in [3.05, 3.63) is 71.0 Å². The van der Waals surface area contributed by atoms with Crippen molar-refractivity contribution in [2.24, 2.45) is 0 Å². The minimum absolute atomic E-state index is 0.160. The molecule has 0 bridgehead atoms. The molecule has 96 valence electrons. The Morgan fingerprint density at radius 1 is 0.833 bits per heavy atom. The topological polar surface area (TPSA) is 0 Å². The lowest BCUT2D eigenvalue weighted by Gasteiger charge is -1.92. The Balaban J connectivity index is 0.000000180. The molecule has 0 spiro atoms. The van der Waals surface area contributed by atoms with E-state index in [4.69, 9.17) is 0 Å². The zero-order valence-electron chi connectivity index (χ0n) is 10.4. The predicted molar refractivity (Wildman–Crippen MR) is 66.9 cm³/mol. The maximum absolute atomic E-state index is 12.2. The van der Waals surface area contributed by atoms with Gasteiger partial charge in [0.05, 0.1) is 0 Å². The van der Waals surface area contributed by atoms with E-state index >= 15 is 0 Å². The standard InChI is InChI=1S/C8H9F.C7H6F2/c1-2-7-3-5-8(9)6-4-7;1-5-2-3-6(8)7(9)4-5/h3-6H,2H2,1H3;2-4H,1H3. The van der Waals surface area contributed by atoms with Crippen molar-refractivity contribution in [3.8, 4) is 0 Å². The van der Waals surface area contributed by atoms with Gasteiger partial charge in [-0.1, -0.05) is 25.1 Å². The molecule has 0 amide bonds. The molecule has 0 nitrogen and oxygen atoms in total. The van der Waals surface area contributed by atoms with Crippen LogP contribution >= 0.6 is 0 Å². The van der Waals surface area contributed by atoms with Crippen molar-refractivity contribution >= 4 is 0 Å². The Labute approximate surface area is 105 Å². The molecule has 0 radical (unpaired) electrons. The first-order valence-corrected chi connectivity index (χ1v) is 5.69. The summed E-state index contributed by atoms with van der Waals surface area (Å²) >= 11 is 0. The molecule has 0 N–H and O–H groups in total. The summed E-state index contributed by atoms with van der Waals surface area (Å²) < 4.78 is 36.6. The molecule has 2 rings (SSSR count). The van der Waals surface area contributed by atoms with Gasteiger partial charge in [-0.15, -0.1) is 0 Å². The lowest BCUT2D eigenvalue weighted by molar-refractivity contribution is 0.508. The van der Waals surface area contributed by atoms with E-state index in [0.717, 1.165) is 24.1 Å². The third-order valence-electron chi connectivity index (χ3n) is 2.40. The van der Waals surface area contributed by atoms with Crippen LogP contribution in [0.1, 0.15) is 18.1 Å². The van der Waals surface area contributed by atoms with Crippen molar-refractivity contribution in [1.82, 2.24) is 0 Å². The van der Waals surface area contributed by atoms with E-state index in [1.165, 1.54) is 23.8 Å². The van der Waals surface area contributed by atoms with Gasteiger partial charge in [-0.05, 0) is 48.7 Å². The molecule has 0 aliphatic carbocycles. The van der Waals surface area contributed by atoms with Crippen LogP contribution in [-0.2, 0) is 6.42 Å². The average molecular weight is 252 g/mol. The van der Waals surface area contributed by atoms with Crippen LogP contribution in [-0.4, -0.2) is 0 Å². The molecule has 0 unspecified atom stereocenters. The van der Waals surface area contributed by atoms with Gasteiger partial charge in [0.25, 0.3) is 0 Å². The monoisotopic (exact) mass is 252 g/mol. The van der Waals surface area contributed by atoms with Crippen molar-refractivity contribution < 1.29 is 13.2 Å². The lowest BCUT2D eigenvalue weighted by Crippen LogP contribution is -1.82. The van der Waals surface area contributed by atoms with E-state index in [1.54, 1.807) is 19.1 Å². The van der Waals surface area contributed by atoms with E-state index in [9.17, 15) is 13.2 Å². The summed E-state index contributed by atoms with van der Waals surface area (Å²) in [6.07, 6.45) is 0.972. The fourth-order valence-electron chi connectivity index (χ4n) is 1.32. The van der Waals surface area contributed by atoms with Gasteiger partial charge in [0.1, 0.15) is 5.82 Å². The molecule has 0 saturated carbocycles. The van der Waals surface area contributed by atoms with Crippen LogP contribution in [0.25, 0.3) is 0 Å². The Morgan fingerprint density at radius 3 is 1.89 bits per heavy atom. The molecule has 0 saturated heterocycles. The van der Waals surface area contributed by atoms with Gasteiger partial charge in [0.15, 0.2) is 11.6 Å². The number of aryl methyl sites for hydroxylation is 2. The molecule has 3 heteroatoms. The molecule has 0 heterocycles. The number of benzene rings is 2. The summed E-state index contributed by atoms with van der Waals surface area (Å²) in [5.41, 5.74) is 1.91. The maximum atomic E-state index is 12.2. The summed E-state index contributed by atoms with van der Waals surface area (Å²) in [4.78, 5) is 0. The molecular formula is C15H15F3. The molecule has 0 aliphatic rings. The number of hydrogen-bond acceptors (Lipinski definition) is 0. The predicted octanol–water partition coefficient (Wildman–Crippen LogP) is 4.66. The fourth-order valence-corrected chi connectivity index (χ4v) is 1.32. The normalized spacial score (nSPS) is 9.61. The van der Waals surface area contributed by atoms with Crippen molar-refractivity contribution in [2.75, 3.05) is 0 Å². The molecule has 2 aromatic rings. The molecular weight excluding hydrogens is 237 g/mol. The van der Waals surface area contributed by atoms with Crippen LogP contribution in [0, 0.1) is 24.4 Å². The van der Waals surface area contributed by atoms with Crippen LogP contribution in [0.4, 0.5) is 13.2 Å². The number of rotatable bonds is 1. The molecule has 0 aliphatic heterocycles. The second-order valence-corrected chi connectivity index (χ2v) is 3.90. The summed E-state index contributed by atoms with van der Waals surface area (Å²) in [7, 11) is 0. The van der Waals surface area contributed by atoms with Gasteiger partial charge in [-0.25, -0.2) is 13.2 Å². The molecule has 18 heavy (non-hydrogen) atoms. The Morgan fingerprint density at radius 2 is 1.44 bits per heavy atom.